The first kappa shape index (κ1) is 18.2. The lowest BCUT2D eigenvalue weighted by atomic mass is 9.89. The highest BCUT2D eigenvalue weighted by atomic mass is 16.4. The highest BCUT2D eigenvalue weighted by Crippen LogP contribution is 2.24. The quantitative estimate of drug-likeness (QED) is 0.622. The van der Waals surface area contributed by atoms with Gasteiger partial charge in [-0.1, -0.05) is 45.6 Å². The highest BCUT2D eigenvalue weighted by molar-refractivity contribution is 6.03. The van der Waals surface area contributed by atoms with Gasteiger partial charge >= 0.3 is 11.9 Å². The van der Waals surface area contributed by atoms with Gasteiger partial charge in [0.1, 0.15) is 0 Å². The predicted octanol–water partition coefficient (Wildman–Crippen LogP) is 4.55. The molecular formula is C18H26O4. The molecule has 4 nitrogen and oxygen atoms in total. The van der Waals surface area contributed by atoms with E-state index in [1.54, 1.807) is 6.07 Å². The second kappa shape index (κ2) is 9.23. The van der Waals surface area contributed by atoms with E-state index >= 15 is 0 Å². The number of unbranched alkanes of at least 4 members (excludes halogenated alkanes) is 4. The Balaban J connectivity index is 3.19. The molecule has 0 aliphatic carbocycles. The van der Waals surface area contributed by atoms with Crippen LogP contribution in [0.2, 0.25) is 0 Å². The SMILES string of the molecule is CCCCCCc1c(CCCC)ccc(C(=O)O)c1C(=O)O. The van der Waals surface area contributed by atoms with Crippen LogP contribution in [0.1, 0.15) is 84.2 Å². The second-order valence-corrected chi connectivity index (χ2v) is 5.65. The molecule has 0 bridgehead atoms. The summed E-state index contributed by atoms with van der Waals surface area (Å²) < 4.78 is 0. The third kappa shape index (κ3) is 4.86. The van der Waals surface area contributed by atoms with Crippen LogP contribution >= 0.6 is 0 Å². The number of carboxylic acid groups (broad SMARTS) is 2. The van der Waals surface area contributed by atoms with Gasteiger partial charge in [-0.3, -0.25) is 0 Å². The lowest BCUT2D eigenvalue weighted by Gasteiger charge is -2.15. The minimum absolute atomic E-state index is 0.0161. The number of hydrogen-bond acceptors (Lipinski definition) is 2. The van der Waals surface area contributed by atoms with Crippen molar-refractivity contribution in [3.8, 4) is 0 Å². The van der Waals surface area contributed by atoms with Gasteiger partial charge in [0.25, 0.3) is 0 Å². The molecule has 0 atom stereocenters. The maximum Gasteiger partial charge on any atom is 0.336 e. The molecule has 2 N–H and O–H groups in total. The van der Waals surface area contributed by atoms with Crippen molar-refractivity contribution in [2.45, 2.75) is 65.2 Å². The van der Waals surface area contributed by atoms with Gasteiger partial charge in [0.15, 0.2) is 0 Å². The van der Waals surface area contributed by atoms with E-state index in [1.165, 1.54) is 6.07 Å². The molecular weight excluding hydrogens is 280 g/mol. The molecule has 0 aliphatic heterocycles. The minimum atomic E-state index is -1.17. The maximum atomic E-state index is 11.6. The molecule has 0 amide bonds. The summed E-state index contributed by atoms with van der Waals surface area (Å²) in [6, 6.07) is 3.23. The Labute approximate surface area is 132 Å². The average molecular weight is 306 g/mol. The van der Waals surface area contributed by atoms with Crippen LogP contribution in [0.4, 0.5) is 0 Å². The fraction of sp³-hybridized carbons (Fsp3) is 0.556. The van der Waals surface area contributed by atoms with Crippen LogP contribution in [-0.4, -0.2) is 22.2 Å². The summed E-state index contributed by atoms with van der Waals surface area (Å²) in [6.07, 6.45) is 7.62. The zero-order valence-corrected chi connectivity index (χ0v) is 13.5. The second-order valence-electron chi connectivity index (χ2n) is 5.65. The normalized spacial score (nSPS) is 10.6. The van der Waals surface area contributed by atoms with Crippen LogP contribution in [0.3, 0.4) is 0 Å². The molecule has 1 rings (SSSR count). The third-order valence-electron chi connectivity index (χ3n) is 3.93. The molecule has 1 aromatic rings. The monoisotopic (exact) mass is 306 g/mol. The van der Waals surface area contributed by atoms with Crippen LogP contribution in [0.5, 0.6) is 0 Å². The smallest absolute Gasteiger partial charge is 0.336 e. The minimum Gasteiger partial charge on any atom is -0.478 e. The van der Waals surface area contributed by atoms with Crippen LogP contribution in [0.25, 0.3) is 0 Å². The topological polar surface area (TPSA) is 74.6 Å². The zero-order chi connectivity index (χ0) is 16.5. The molecule has 0 saturated heterocycles. The van der Waals surface area contributed by atoms with E-state index in [2.05, 4.69) is 13.8 Å². The van der Waals surface area contributed by atoms with Crippen molar-refractivity contribution in [1.29, 1.82) is 0 Å². The Bertz CT molecular complexity index is 520. The lowest BCUT2D eigenvalue weighted by molar-refractivity contribution is 0.0650. The number of carbonyl (C=O) groups is 2. The molecule has 0 unspecified atom stereocenters. The zero-order valence-electron chi connectivity index (χ0n) is 13.5. The summed E-state index contributed by atoms with van der Waals surface area (Å²) >= 11 is 0. The van der Waals surface area contributed by atoms with Gasteiger partial charge in [0, 0.05) is 0 Å². The molecule has 22 heavy (non-hydrogen) atoms. The Morgan fingerprint density at radius 1 is 0.864 bits per heavy atom. The van der Waals surface area contributed by atoms with Crippen LogP contribution in [-0.2, 0) is 12.8 Å². The predicted molar refractivity (Wildman–Crippen MR) is 86.8 cm³/mol. The number of aryl methyl sites for hydroxylation is 1. The summed E-state index contributed by atoms with van der Waals surface area (Å²) in [5.74, 6) is -2.31. The highest BCUT2D eigenvalue weighted by Gasteiger charge is 2.22. The van der Waals surface area contributed by atoms with Crippen molar-refractivity contribution in [3.63, 3.8) is 0 Å². The van der Waals surface area contributed by atoms with Crippen molar-refractivity contribution in [3.05, 3.63) is 34.4 Å². The van der Waals surface area contributed by atoms with Crippen molar-refractivity contribution < 1.29 is 19.8 Å². The Morgan fingerprint density at radius 2 is 1.55 bits per heavy atom. The number of rotatable bonds is 10. The summed E-state index contributed by atoms with van der Waals surface area (Å²) in [4.78, 5) is 22.9. The molecule has 0 radical (unpaired) electrons. The first-order valence-corrected chi connectivity index (χ1v) is 8.14. The number of hydrogen-bond donors (Lipinski definition) is 2. The molecule has 122 valence electrons. The summed E-state index contributed by atoms with van der Waals surface area (Å²) in [6.45, 7) is 4.21. The van der Waals surface area contributed by atoms with Crippen LogP contribution in [0, 0.1) is 0 Å². The van der Waals surface area contributed by atoms with E-state index in [4.69, 9.17) is 0 Å². The van der Waals surface area contributed by atoms with Gasteiger partial charge in [-0.05, 0) is 42.9 Å². The number of aromatic carboxylic acids is 2. The first-order valence-electron chi connectivity index (χ1n) is 8.14. The largest absolute Gasteiger partial charge is 0.478 e. The molecule has 0 heterocycles. The van der Waals surface area contributed by atoms with Crippen molar-refractivity contribution in [2.75, 3.05) is 0 Å². The van der Waals surface area contributed by atoms with E-state index in [9.17, 15) is 19.8 Å². The number of benzene rings is 1. The molecule has 0 aromatic heterocycles. The third-order valence-corrected chi connectivity index (χ3v) is 3.93. The van der Waals surface area contributed by atoms with E-state index in [-0.39, 0.29) is 11.1 Å². The van der Waals surface area contributed by atoms with Gasteiger partial charge in [0.2, 0.25) is 0 Å². The molecule has 4 heteroatoms. The fourth-order valence-corrected chi connectivity index (χ4v) is 2.73. The molecule has 1 aromatic carbocycles. The molecule has 0 saturated carbocycles. The Morgan fingerprint density at radius 3 is 2.09 bits per heavy atom. The summed E-state index contributed by atoms with van der Waals surface area (Å²) in [5.41, 5.74) is 1.59. The van der Waals surface area contributed by atoms with Gasteiger partial charge in [0.05, 0.1) is 11.1 Å². The van der Waals surface area contributed by atoms with Crippen LogP contribution < -0.4 is 0 Å². The molecule has 0 spiro atoms. The summed E-state index contributed by atoms with van der Waals surface area (Å²) in [5, 5.41) is 18.7. The van der Waals surface area contributed by atoms with Crippen molar-refractivity contribution in [2.24, 2.45) is 0 Å². The van der Waals surface area contributed by atoms with E-state index in [1.807, 2.05) is 0 Å². The fourth-order valence-electron chi connectivity index (χ4n) is 2.73. The van der Waals surface area contributed by atoms with Crippen molar-refractivity contribution >= 4 is 11.9 Å². The average Bonchev–Trinajstić information content (AvgIpc) is 2.48. The Kier molecular flexibility index (Phi) is 7.64. The van der Waals surface area contributed by atoms with Gasteiger partial charge in [-0.15, -0.1) is 0 Å². The van der Waals surface area contributed by atoms with Gasteiger partial charge < -0.3 is 10.2 Å². The van der Waals surface area contributed by atoms with E-state index < -0.39 is 11.9 Å². The van der Waals surface area contributed by atoms with Gasteiger partial charge in [-0.25, -0.2) is 9.59 Å². The van der Waals surface area contributed by atoms with Crippen LogP contribution in [0.15, 0.2) is 12.1 Å². The Hall–Kier alpha value is -1.84. The van der Waals surface area contributed by atoms with E-state index in [0.29, 0.717) is 6.42 Å². The summed E-state index contributed by atoms with van der Waals surface area (Å²) in [7, 11) is 0. The molecule has 0 fully saturated rings. The lowest BCUT2D eigenvalue weighted by Crippen LogP contribution is -2.14. The van der Waals surface area contributed by atoms with Gasteiger partial charge in [-0.2, -0.15) is 0 Å². The molecule has 0 aliphatic rings. The standard InChI is InChI=1S/C18H26O4/c1-3-5-7-8-10-14-13(9-6-4-2)11-12-15(17(19)20)16(14)18(21)22/h11-12H,3-10H2,1-2H3,(H,19,20)(H,21,22). The van der Waals surface area contributed by atoms with E-state index in [0.717, 1.165) is 56.1 Å². The maximum absolute atomic E-state index is 11.6. The van der Waals surface area contributed by atoms with Crippen molar-refractivity contribution in [1.82, 2.24) is 0 Å². The number of carboxylic acids is 2. The first-order chi connectivity index (χ1) is 10.5.